The van der Waals surface area contributed by atoms with E-state index in [1.807, 2.05) is 0 Å². The standard InChI is InChI=1S/C17H35N/c1-6-8-9-15(7-2)13-18-16-10-14(3)11-17(4,5)12-16/h14-16,18H,6-13H2,1-5H3. The minimum atomic E-state index is 0.542. The summed E-state index contributed by atoms with van der Waals surface area (Å²) in [7, 11) is 0. The Labute approximate surface area is 115 Å². The van der Waals surface area contributed by atoms with Crippen LogP contribution in [0.15, 0.2) is 0 Å². The molecule has 1 aliphatic rings. The summed E-state index contributed by atoms with van der Waals surface area (Å²) in [4.78, 5) is 0. The molecule has 0 aromatic heterocycles. The molecule has 0 radical (unpaired) electrons. The average molecular weight is 253 g/mol. The summed E-state index contributed by atoms with van der Waals surface area (Å²) in [6, 6.07) is 0.763. The van der Waals surface area contributed by atoms with Crippen LogP contribution >= 0.6 is 0 Å². The van der Waals surface area contributed by atoms with Gasteiger partial charge in [-0.3, -0.25) is 0 Å². The van der Waals surface area contributed by atoms with Crippen molar-refractivity contribution >= 4 is 0 Å². The minimum absolute atomic E-state index is 0.542. The molecule has 0 aromatic carbocycles. The Kier molecular flexibility index (Phi) is 6.70. The van der Waals surface area contributed by atoms with Crippen molar-refractivity contribution in [3.05, 3.63) is 0 Å². The van der Waals surface area contributed by atoms with E-state index in [0.717, 1.165) is 17.9 Å². The Balaban J connectivity index is 2.32. The second kappa shape index (κ2) is 7.53. The van der Waals surface area contributed by atoms with Crippen LogP contribution in [0.4, 0.5) is 0 Å². The van der Waals surface area contributed by atoms with Gasteiger partial charge >= 0.3 is 0 Å². The third-order valence-electron chi connectivity index (χ3n) is 4.63. The van der Waals surface area contributed by atoms with Crippen LogP contribution in [-0.2, 0) is 0 Å². The van der Waals surface area contributed by atoms with Crippen LogP contribution in [0.3, 0.4) is 0 Å². The molecular formula is C17H35N. The zero-order valence-corrected chi connectivity index (χ0v) is 13.4. The van der Waals surface area contributed by atoms with Crippen LogP contribution in [0.1, 0.15) is 79.6 Å². The first-order valence-electron chi connectivity index (χ1n) is 8.20. The molecule has 0 bridgehead atoms. The smallest absolute Gasteiger partial charge is 0.00748 e. The van der Waals surface area contributed by atoms with Gasteiger partial charge in [0.25, 0.3) is 0 Å². The van der Waals surface area contributed by atoms with Gasteiger partial charge in [-0.25, -0.2) is 0 Å². The lowest BCUT2D eigenvalue weighted by Crippen LogP contribution is -2.41. The SMILES string of the molecule is CCCCC(CC)CNC1CC(C)CC(C)(C)C1. The number of hydrogen-bond acceptors (Lipinski definition) is 1. The first-order chi connectivity index (χ1) is 8.46. The quantitative estimate of drug-likeness (QED) is 0.672. The highest BCUT2D eigenvalue weighted by atomic mass is 14.9. The molecule has 1 rings (SSSR count). The van der Waals surface area contributed by atoms with Gasteiger partial charge in [0, 0.05) is 6.04 Å². The van der Waals surface area contributed by atoms with Crippen molar-refractivity contribution in [1.82, 2.24) is 5.32 Å². The molecule has 1 aliphatic carbocycles. The van der Waals surface area contributed by atoms with Gasteiger partial charge in [0.1, 0.15) is 0 Å². The van der Waals surface area contributed by atoms with Gasteiger partial charge < -0.3 is 5.32 Å². The number of rotatable bonds is 7. The summed E-state index contributed by atoms with van der Waals surface area (Å²) in [5, 5.41) is 3.87. The molecule has 0 aliphatic heterocycles. The Morgan fingerprint density at radius 3 is 2.50 bits per heavy atom. The Morgan fingerprint density at radius 1 is 1.22 bits per heavy atom. The van der Waals surface area contributed by atoms with Crippen LogP contribution in [0, 0.1) is 17.3 Å². The molecule has 18 heavy (non-hydrogen) atoms. The maximum absolute atomic E-state index is 3.87. The third kappa shape index (κ3) is 5.73. The molecule has 1 fully saturated rings. The second-order valence-electron chi connectivity index (χ2n) is 7.44. The average Bonchev–Trinajstić information content (AvgIpc) is 2.26. The molecule has 1 nitrogen and oxygen atoms in total. The van der Waals surface area contributed by atoms with Gasteiger partial charge in [-0.2, -0.15) is 0 Å². The molecule has 108 valence electrons. The molecule has 1 heteroatoms. The summed E-state index contributed by atoms with van der Waals surface area (Å²) < 4.78 is 0. The summed E-state index contributed by atoms with van der Waals surface area (Å²) in [5.41, 5.74) is 0.542. The predicted molar refractivity (Wildman–Crippen MR) is 81.9 cm³/mol. The summed E-state index contributed by atoms with van der Waals surface area (Å²) in [6.45, 7) is 13.2. The molecule has 0 spiro atoms. The highest BCUT2D eigenvalue weighted by Crippen LogP contribution is 2.38. The summed E-state index contributed by atoms with van der Waals surface area (Å²) >= 11 is 0. The van der Waals surface area contributed by atoms with E-state index in [9.17, 15) is 0 Å². The second-order valence-corrected chi connectivity index (χ2v) is 7.44. The molecule has 0 amide bonds. The van der Waals surface area contributed by atoms with Gasteiger partial charge in [0.2, 0.25) is 0 Å². The van der Waals surface area contributed by atoms with Crippen LogP contribution < -0.4 is 5.32 Å². The summed E-state index contributed by atoms with van der Waals surface area (Å²) in [6.07, 6.45) is 9.62. The van der Waals surface area contributed by atoms with Crippen molar-refractivity contribution in [3.63, 3.8) is 0 Å². The maximum Gasteiger partial charge on any atom is 0.00748 e. The van der Waals surface area contributed by atoms with Crippen molar-refractivity contribution in [1.29, 1.82) is 0 Å². The molecular weight excluding hydrogens is 218 g/mol. The van der Waals surface area contributed by atoms with Crippen molar-refractivity contribution in [3.8, 4) is 0 Å². The molecule has 0 heterocycles. The predicted octanol–water partition coefficient (Wildman–Crippen LogP) is 5.01. The van der Waals surface area contributed by atoms with E-state index in [1.54, 1.807) is 0 Å². The molecule has 0 aromatic rings. The number of unbranched alkanes of at least 4 members (excludes halogenated alkanes) is 1. The fourth-order valence-corrected chi connectivity index (χ4v) is 3.78. The van der Waals surface area contributed by atoms with Gasteiger partial charge in [0.05, 0.1) is 0 Å². The largest absolute Gasteiger partial charge is 0.314 e. The fraction of sp³-hybridized carbons (Fsp3) is 1.00. The zero-order chi connectivity index (χ0) is 13.6. The van der Waals surface area contributed by atoms with E-state index in [-0.39, 0.29) is 0 Å². The highest BCUT2D eigenvalue weighted by Gasteiger charge is 2.31. The fourth-order valence-electron chi connectivity index (χ4n) is 3.78. The minimum Gasteiger partial charge on any atom is -0.314 e. The van der Waals surface area contributed by atoms with E-state index in [4.69, 9.17) is 0 Å². The van der Waals surface area contributed by atoms with Crippen LogP contribution in [0.25, 0.3) is 0 Å². The maximum atomic E-state index is 3.87. The van der Waals surface area contributed by atoms with Gasteiger partial charge in [-0.1, -0.05) is 53.9 Å². The first kappa shape index (κ1) is 16.0. The van der Waals surface area contributed by atoms with Crippen molar-refractivity contribution in [2.45, 2.75) is 85.6 Å². The Bertz CT molecular complexity index is 222. The third-order valence-corrected chi connectivity index (χ3v) is 4.63. The molecule has 0 saturated heterocycles. The van der Waals surface area contributed by atoms with E-state index in [0.29, 0.717) is 5.41 Å². The van der Waals surface area contributed by atoms with Gasteiger partial charge in [-0.15, -0.1) is 0 Å². The highest BCUT2D eigenvalue weighted by molar-refractivity contribution is 4.86. The zero-order valence-electron chi connectivity index (χ0n) is 13.4. The monoisotopic (exact) mass is 253 g/mol. The summed E-state index contributed by atoms with van der Waals surface area (Å²) in [5.74, 6) is 1.78. The topological polar surface area (TPSA) is 12.0 Å². The molecule has 3 atom stereocenters. The van der Waals surface area contributed by atoms with Crippen molar-refractivity contribution < 1.29 is 0 Å². The number of nitrogens with one attached hydrogen (secondary N) is 1. The van der Waals surface area contributed by atoms with E-state index < -0.39 is 0 Å². The van der Waals surface area contributed by atoms with Gasteiger partial charge in [-0.05, 0) is 49.5 Å². The van der Waals surface area contributed by atoms with Crippen LogP contribution in [-0.4, -0.2) is 12.6 Å². The molecule has 3 unspecified atom stereocenters. The van der Waals surface area contributed by atoms with Crippen LogP contribution in [0.2, 0.25) is 0 Å². The lowest BCUT2D eigenvalue weighted by molar-refractivity contribution is 0.148. The lowest BCUT2D eigenvalue weighted by atomic mass is 9.70. The van der Waals surface area contributed by atoms with E-state index in [2.05, 4.69) is 39.9 Å². The van der Waals surface area contributed by atoms with Gasteiger partial charge in [0.15, 0.2) is 0 Å². The van der Waals surface area contributed by atoms with Crippen LogP contribution in [0.5, 0.6) is 0 Å². The molecule has 1 saturated carbocycles. The first-order valence-corrected chi connectivity index (χ1v) is 8.20. The molecule has 1 N–H and O–H groups in total. The Morgan fingerprint density at radius 2 is 1.94 bits per heavy atom. The van der Waals surface area contributed by atoms with E-state index >= 15 is 0 Å². The Hall–Kier alpha value is -0.0400. The van der Waals surface area contributed by atoms with E-state index in [1.165, 1.54) is 51.5 Å². The lowest BCUT2D eigenvalue weighted by Gasteiger charge is -2.40. The number of hydrogen-bond donors (Lipinski definition) is 1. The van der Waals surface area contributed by atoms with Crippen molar-refractivity contribution in [2.75, 3.05) is 6.54 Å². The normalized spacial score (nSPS) is 29.2. The van der Waals surface area contributed by atoms with Crippen molar-refractivity contribution in [2.24, 2.45) is 17.3 Å².